The Kier molecular flexibility index (Phi) is 4.03. The highest BCUT2D eigenvalue weighted by molar-refractivity contribution is 8.07. The largest absolute Gasteiger partial charge is 0.323 e. The lowest BCUT2D eigenvalue weighted by molar-refractivity contribution is 0.591. The van der Waals surface area contributed by atoms with Crippen molar-refractivity contribution in [3.63, 3.8) is 0 Å². The topological polar surface area (TPSA) is 106 Å². The van der Waals surface area contributed by atoms with E-state index < -0.39 is 24.8 Å². The van der Waals surface area contributed by atoms with Crippen molar-refractivity contribution in [3.05, 3.63) is 23.2 Å². The first kappa shape index (κ1) is 14.2. The summed E-state index contributed by atoms with van der Waals surface area (Å²) in [5, 5.41) is -0.854. The third-order valence-electron chi connectivity index (χ3n) is 1.82. The molecule has 0 aliphatic heterocycles. The Bertz CT molecular complexity index is 625. The molecule has 0 aromatic heterocycles. The molecule has 9 heteroatoms. The molecule has 0 radical (unpaired) electrons. The van der Waals surface area contributed by atoms with Crippen LogP contribution in [0.5, 0.6) is 0 Å². The van der Waals surface area contributed by atoms with Crippen molar-refractivity contribution in [1.82, 2.24) is 0 Å². The maximum Gasteiger partial charge on any atom is 0.192 e. The molecule has 0 heterocycles. The van der Waals surface area contributed by atoms with Gasteiger partial charge in [-0.25, -0.2) is 16.8 Å². The van der Waals surface area contributed by atoms with E-state index >= 15 is 0 Å². The van der Waals surface area contributed by atoms with E-state index in [9.17, 15) is 16.8 Å². The quantitative estimate of drug-likeness (QED) is 0.615. The molecule has 3 N–H and O–H groups in total. The Morgan fingerprint density at radius 3 is 2.29 bits per heavy atom. The molecule has 0 saturated heterocycles. The van der Waals surface area contributed by atoms with Crippen LogP contribution in [0.3, 0.4) is 0 Å². The van der Waals surface area contributed by atoms with Gasteiger partial charge in [0.2, 0.25) is 0 Å². The zero-order chi connectivity index (χ0) is 13.3. The van der Waals surface area contributed by atoms with E-state index in [2.05, 4.69) is 5.43 Å². The molecule has 0 atom stereocenters. The Hall–Kier alpha value is -0.830. The highest BCUT2D eigenvalue weighted by Crippen LogP contribution is 2.25. The number of benzene rings is 1. The standard InChI is InChI=1S/C8H11ClN2O4S2/c1-16(12,13)5-17(14,15)6-2-3-8(11-10)7(9)4-6/h2-4,11H,5,10H2,1H3. The van der Waals surface area contributed by atoms with Gasteiger partial charge in [-0.15, -0.1) is 0 Å². The van der Waals surface area contributed by atoms with Crippen LogP contribution in [-0.4, -0.2) is 28.2 Å². The van der Waals surface area contributed by atoms with Gasteiger partial charge in [-0.05, 0) is 18.2 Å². The normalized spacial score (nSPS) is 12.4. The van der Waals surface area contributed by atoms with E-state index in [1.165, 1.54) is 12.1 Å². The minimum absolute atomic E-state index is 0.0991. The summed E-state index contributed by atoms with van der Waals surface area (Å²) in [5.41, 5.74) is 2.63. The van der Waals surface area contributed by atoms with Crippen molar-refractivity contribution in [1.29, 1.82) is 0 Å². The van der Waals surface area contributed by atoms with Crippen molar-refractivity contribution in [2.45, 2.75) is 4.90 Å². The molecular formula is C8H11ClN2O4S2. The lowest BCUT2D eigenvalue weighted by atomic mass is 10.3. The number of anilines is 1. The first-order chi connectivity index (χ1) is 7.65. The maximum atomic E-state index is 11.7. The molecule has 0 fully saturated rings. The van der Waals surface area contributed by atoms with Crippen LogP contribution in [0.25, 0.3) is 0 Å². The number of rotatable bonds is 4. The van der Waals surface area contributed by atoms with Gasteiger partial charge in [-0.2, -0.15) is 0 Å². The van der Waals surface area contributed by atoms with Crippen molar-refractivity contribution >= 4 is 37.0 Å². The summed E-state index contributed by atoms with van der Waals surface area (Å²) < 4.78 is 45.4. The molecule has 6 nitrogen and oxygen atoms in total. The van der Waals surface area contributed by atoms with Gasteiger partial charge < -0.3 is 5.43 Å². The molecule has 0 saturated carbocycles. The molecule has 1 rings (SSSR count). The molecular weight excluding hydrogens is 288 g/mol. The molecule has 0 unspecified atom stereocenters. The van der Waals surface area contributed by atoms with Crippen molar-refractivity contribution in [2.24, 2.45) is 5.84 Å². The smallest absolute Gasteiger partial charge is 0.192 e. The first-order valence-corrected chi connectivity index (χ1v) is 8.41. The molecule has 0 amide bonds. The molecule has 0 spiro atoms. The summed E-state index contributed by atoms with van der Waals surface area (Å²) in [6.07, 6.45) is 0.849. The fourth-order valence-corrected chi connectivity index (χ4v) is 4.83. The SMILES string of the molecule is CS(=O)(=O)CS(=O)(=O)c1ccc(NN)c(Cl)c1. The summed E-state index contributed by atoms with van der Waals surface area (Å²) in [6, 6.07) is 3.75. The monoisotopic (exact) mass is 298 g/mol. The van der Waals surface area contributed by atoms with Crippen molar-refractivity contribution in [2.75, 3.05) is 16.8 Å². The highest BCUT2D eigenvalue weighted by atomic mass is 35.5. The number of sulfone groups is 2. The second-order valence-corrected chi connectivity index (χ2v) is 8.35. The zero-order valence-electron chi connectivity index (χ0n) is 8.84. The second kappa shape index (κ2) is 4.81. The fourth-order valence-electron chi connectivity index (χ4n) is 1.16. The summed E-state index contributed by atoms with van der Waals surface area (Å²) in [6.45, 7) is 0. The Morgan fingerprint density at radius 2 is 1.88 bits per heavy atom. The van der Waals surface area contributed by atoms with E-state index in [1.54, 1.807) is 0 Å². The van der Waals surface area contributed by atoms with Crippen molar-refractivity contribution in [3.8, 4) is 0 Å². The van der Waals surface area contributed by atoms with E-state index in [4.69, 9.17) is 17.4 Å². The zero-order valence-corrected chi connectivity index (χ0v) is 11.2. The maximum absolute atomic E-state index is 11.7. The van der Waals surface area contributed by atoms with Crippen LogP contribution in [0.4, 0.5) is 5.69 Å². The number of nitrogens with one attached hydrogen (secondary N) is 1. The Balaban J connectivity index is 3.22. The number of halogens is 1. The molecule has 0 bridgehead atoms. The number of nitrogen functional groups attached to an aromatic ring is 1. The van der Waals surface area contributed by atoms with Gasteiger partial charge in [0.05, 0.1) is 15.6 Å². The number of hydrogen-bond donors (Lipinski definition) is 2. The fraction of sp³-hybridized carbons (Fsp3) is 0.250. The third kappa shape index (κ3) is 3.84. The minimum Gasteiger partial charge on any atom is -0.323 e. The van der Waals surface area contributed by atoms with Crippen LogP contribution < -0.4 is 11.3 Å². The van der Waals surface area contributed by atoms with E-state index in [0.29, 0.717) is 5.69 Å². The summed E-state index contributed by atoms with van der Waals surface area (Å²) in [5.74, 6) is 5.13. The van der Waals surface area contributed by atoms with Gasteiger partial charge in [0, 0.05) is 6.26 Å². The van der Waals surface area contributed by atoms with Gasteiger partial charge in [0.15, 0.2) is 24.8 Å². The third-order valence-corrected chi connectivity index (χ3v) is 6.06. The molecule has 1 aromatic rings. The number of hydrogen-bond acceptors (Lipinski definition) is 6. The van der Waals surface area contributed by atoms with Crippen LogP contribution >= 0.6 is 11.6 Å². The average Bonchev–Trinajstić information content (AvgIpc) is 2.13. The lowest BCUT2D eigenvalue weighted by Gasteiger charge is -2.06. The summed E-state index contributed by atoms with van der Waals surface area (Å²) in [4.78, 5) is -0.160. The van der Waals surface area contributed by atoms with Crippen LogP contribution in [0, 0.1) is 0 Å². The van der Waals surface area contributed by atoms with Crippen LogP contribution in [0.2, 0.25) is 5.02 Å². The Morgan fingerprint density at radius 1 is 1.29 bits per heavy atom. The highest BCUT2D eigenvalue weighted by Gasteiger charge is 2.21. The molecule has 96 valence electrons. The summed E-state index contributed by atoms with van der Waals surface area (Å²) in [7, 11) is -7.54. The van der Waals surface area contributed by atoms with E-state index in [1.807, 2.05) is 0 Å². The molecule has 0 aliphatic carbocycles. The van der Waals surface area contributed by atoms with Gasteiger partial charge in [0.1, 0.15) is 0 Å². The Labute approximate surface area is 105 Å². The van der Waals surface area contributed by atoms with E-state index in [-0.39, 0.29) is 9.92 Å². The first-order valence-electron chi connectivity index (χ1n) is 4.32. The average molecular weight is 299 g/mol. The van der Waals surface area contributed by atoms with Crippen molar-refractivity contribution < 1.29 is 16.8 Å². The van der Waals surface area contributed by atoms with Gasteiger partial charge >= 0.3 is 0 Å². The van der Waals surface area contributed by atoms with Gasteiger partial charge in [0.25, 0.3) is 0 Å². The van der Waals surface area contributed by atoms with Crippen LogP contribution in [-0.2, 0) is 19.7 Å². The van der Waals surface area contributed by atoms with Crippen LogP contribution in [0.15, 0.2) is 23.1 Å². The van der Waals surface area contributed by atoms with Gasteiger partial charge in [-0.3, -0.25) is 5.84 Å². The number of hydrazine groups is 1. The van der Waals surface area contributed by atoms with Gasteiger partial charge in [-0.1, -0.05) is 11.6 Å². The molecule has 0 aliphatic rings. The second-order valence-electron chi connectivity index (χ2n) is 3.44. The van der Waals surface area contributed by atoms with E-state index in [0.717, 1.165) is 12.3 Å². The molecule has 17 heavy (non-hydrogen) atoms. The summed E-state index contributed by atoms with van der Waals surface area (Å²) >= 11 is 5.75. The predicted octanol–water partition coefficient (Wildman–Crippen LogP) is 0.401. The predicted molar refractivity (Wildman–Crippen MR) is 66.2 cm³/mol. The minimum atomic E-state index is -3.91. The molecule has 1 aromatic carbocycles. The lowest BCUT2D eigenvalue weighted by Crippen LogP contribution is -2.15. The number of nitrogens with two attached hydrogens (primary N) is 1. The van der Waals surface area contributed by atoms with Crippen LogP contribution in [0.1, 0.15) is 0 Å².